The molecule has 1 saturated heterocycles. The fraction of sp³-hybridized carbons (Fsp3) is 0.615. The van der Waals surface area contributed by atoms with Crippen molar-refractivity contribution in [1.82, 2.24) is 0 Å². The SMILES string of the molecule is C=C(C)C(=O)OC(C)C(CC1CCOC1=O)C(=O)O. The van der Waals surface area contributed by atoms with Crippen molar-refractivity contribution in [2.24, 2.45) is 11.8 Å². The third kappa shape index (κ3) is 4.08. The zero-order valence-corrected chi connectivity index (χ0v) is 11.0. The Hall–Kier alpha value is -1.85. The number of carbonyl (C=O) groups is 3. The van der Waals surface area contributed by atoms with Crippen molar-refractivity contribution in [3.63, 3.8) is 0 Å². The van der Waals surface area contributed by atoms with Crippen LogP contribution in [-0.4, -0.2) is 35.7 Å². The number of aliphatic carboxylic acids is 1. The lowest BCUT2D eigenvalue weighted by Crippen LogP contribution is -2.33. The number of rotatable bonds is 6. The molecule has 1 rings (SSSR count). The highest BCUT2D eigenvalue weighted by atomic mass is 16.5. The molecular formula is C13H18O6. The van der Waals surface area contributed by atoms with Crippen molar-refractivity contribution < 1.29 is 29.0 Å². The van der Waals surface area contributed by atoms with Gasteiger partial charge in [-0.25, -0.2) is 4.79 Å². The fourth-order valence-corrected chi connectivity index (χ4v) is 1.90. The van der Waals surface area contributed by atoms with Gasteiger partial charge in [-0.1, -0.05) is 6.58 Å². The molecule has 6 nitrogen and oxygen atoms in total. The Morgan fingerprint density at radius 3 is 2.63 bits per heavy atom. The molecule has 3 unspecified atom stereocenters. The zero-order chi connectivity index (χ0) is 14.6. The van der Waals surface area contributed by atoms with Gasteiger partial charge in [0.15, 0.2) is 0 Å². The molecule has 0 amide bonds. The van der Waals surface area contributed by atoms with Crippen molar-refractivity contribution in [2.45, 2.75) is 32.8 Å². The first kappa shape index (κ1) is 15.2. The Morgan fingerprint density at radius 2 is 2.21 bits per heavy atom. The maximum atomic E-state index is 11.4. The van der Waals surface area contributed by atoms with E-state index in [0.29, 0.717) is 13.0 Å². The van der Waals surface area contributed by atoms with Gasteiger partial charge in [-0.05, 0) is 26.7 Å². The zero-order valence-electron chi connectivity index (χ0n) is 11.0. The summed E-state index contributed by atoms with van der Waals surface area (Å²) in [5.41, 5.74) is 0.205. The van der Waals surface area contributed by atoms with E-state index >= 15 is 0 Å². The smallest absolute Gasteiger partial charge is 0.333 e. The predicted octanol–water partition coefficient (Wildman–Crippen LogP) is 1.15. The normalized spacial score (nSPS) is 21.4. The highest BCUT2D eigenvalue weighted by Crippen LogP contribution is 2.26. The van der Waals surface area contributed by atoms with Crippen LogP contribution in [0.1, 0.15) is 26.7 Å². The minimum absolute atomic E-state index is 0.110. The van der Waals surface area contributed by atoms with Crippen molar-refractivity contribution in [1.29, 1.82) is 0 Å². The van der Waals surface area contributed by atoms with Crippen molar-refractivity contribution in [2.75, 3.05) is 6.61 Å². The van der Waals surface area contributed by atoms with E-state index in [1.54, 1.807) is 0 Å². The Bertz CT molecular complexity index is 400. The van der Waals surface area contributed by atoms with Crippen LogP contribution in [0.3, 0.4) is 0 Å². The maximum absolute atomic E-state index is 11.4. The molecule has 1 aliphatic rings. The lowest BCUT2D eigenvalue weighted by atomic mass is 9.90. The van der Waals surface area contributed by atoms with Crippen LogP contribution in [0.4, 0.5) is 0 Å². The largest absolute Gasteiger partial charge is 0.481 e. The van der Waals surface area contributed by atoms with Crippen LogP contribution in [0.2, 0.25) is 0 Å². The third-order valence-electron chi connectivity index (χ3n) is 3.11. The van der Waals surface area contributed by atoms with Crippen LogP contribution in [-0.2, 0) is 23.9 Å². The van der Waals surface area contributed by atoms with Crippen LogP contribution in [0.25, 0.3) is 0 Å². The molecule has 0 aliphatic carbocycles. The number of cyclic esters (lactones) is 1. The second-order valence-corrected chi connectivity index (χ2v) is 4.72. The maximum Gasteiger partial charge on any atom is 0.333 e. The molecule has 0 saturated carbocycles. The monoisotopic (exact) mass is 270 g/mol. The summed E-state index contributed by atoms with van der Waals surface area (Å²) in [6.45, 7) is 6.73. The second kappa shape index (κ2) is 6.36. The van der Waals surface area contributed by atoms with Gasteiger partial charge in [0.25, 0.3) is 0 Å². The molecule has 106 valence electrons. The highest BCUT2D eigenvalue weighted by Gasteiger charge is 2.36. The van der Waals surface area contributed by atoms with Crippen molar-refractivity contribution in [3.05, 3.63) is 12.2 Å². The molecule has 0 bridgehead atoms. The van der Waals surface area contributed by atoms with E-state index in [1.165, 1.54) is 13.8 Å². The summed E-state index contributed by atoms with van der Waals surface area (Å²) in [4.78, 5) is 33.9. The first-order valence-electron chi connectivity index (χ1n) is 6.08. The molecule has 6 heteroatoms. The topological polar surface area (TPSA) is 89.9 Å². The Morgan fingerprint density at radius 1 is 1.58 bits per heavy atom. The number of ether oxygens (including phenoxy) is 2. The van der Waals surface area contributed by atoms with Gasteiger partial charge in [-0.15, -0.1) is 0 Å². The number of carboxylic acid groups (broad SMARTS) is 1. The van der Waals surface area contributed by atoms with E-state index in [0.717, 1.165) is 0 Å². The first-order valence-corrected chi connectivity index (χ1v) is 6.08. The minimum atomic E-state index is -1.10. The standard InChI is InChI=1S/C13H18O6/c1-7(2)12(16)19-8(3)10(11(14)15)6-9-4-5-18-13(9)17/h8-10H,1,4-6H2,2-3H3,(H,14,15). The molecule has 0 aromatic heterocycles. The molecule has 1 fully saturated rings. The average molecular weight is 270 g/mol. The number of esters is 2. The van der Waals surface area contributed by atoms with Gasteiger partial charge in [0, 0.05) is 5.57 Å². The Balaban J connectivity index is 2.66. The van der Waals surface area contributed by atoms with Crippen LogP contribution < -0.4 is 0 Å². The Labute approximate surface area is 111 Å². The fourth-order valence-electron chi connectivity index (χ4n) is 1.90. The summed E-state index contributed by atoms with van der Waals surface area (Å²) in [6.07, 6.45) is -0.210. The molecule has 3 atom stereocenters. The summed E-state index contributed by atoms with van der Waals surface area (Å²) in [5, 5.41) is 9.18. The summed E-state index contributed by atoms with van der Waals surface area (Å²) in [7, 11) is 0. The van der Waals surface area contributed by atoms with Crippen LogP contribution >= 0.6 is 0 Å². The molecule has 0 spiro atoms. The second-order valence-electron chi connectivity index (χ2n) is 4.72. The number of carbonyl (C=O) groups excluding carboxylic acids is 2. The molecule has 1 aliphatic heterocycles. The molecule has 0 aromatic carbocycles. The summed E-state index contributed by atoms with van der Waals surface area (Å²) in [5.74, 6) is -3.48. The molecule has 1 heterocycles. The van der Waals surface area contributed by atoms with E-state index in [-0.39, 0.29) is 18.0 Å². The van der Waals surface area contributed by atoms with E-state index in [9.17, 15) is 19.5 Å². The van der Waals surface area contributed by atoms with Gasteiger partial charge in [-0.2, -0.15) is 0 Å². The molecule has 0 aromatic rings. The van der Waals surface area contributed by atoms with Gasteiger partial charge in [0.2, 0.25) is 0 Å². The van der Waals surface area contributed by atoms with Crippen LogP contribution in [0.15, 0.2) is 12.2 Å². The average Bonchev–Trinajstić information content (AvgIpc) is 2.70. The number of hydrogen-bond donors (Lipinski definition) is 1. The van der Waals surface area contributed by atoms with Crippen molar-refractivity contribution >= 4 is 17.9 Å². The highest BCUT2D eigenvalue weighted by molar-refractivity contribution is 5.87. The number of carboxylic acids is 1. The van der Waals surface area contributed by atoms with Crippen molar-refractivity contribution in [3.8, 4) is 0 Å². The molecule has 19 heavy (non-hydrogen) atoms. The van der Waals surface area contributed by atoms with Gasteiger partial charge >= 0.3 is 17.9 Å². The lowest BCUT2D eigenvalue weighted by Gasteiger charge is -2.22. The molecule has 1 N–H and O–H groups in total. The predicted molar refractivity (Wildman–Crippen MR) is 65.2 cm³/mol. The molecule has 0 radical (unpaired) electrons. The lowest BCUT2D eigenvalue weighted by molar-refractivity contribution is -0.155. The van der Waals surface area contributed by atoms with E-state index < -0.39 is 29.9 Å². The molecular weight excluding hydrogens is 252 g/mol. The summed E-state index contributed by atoms with van der Waals surface area (Å²) >= 11 is 0. The van der Waals surface area contributed by atoms with Crippen LogP contribution in [0, 0.1) is 11.8 Å². The van der Waals surface area contributed by atoms with Gasteiger partial charge < -0.3 is 14.6 Å². The number of hydrogen-bond acceptors (Lipinski definition) is 5. The summed E-state index contributed by atoms with van der Waals surface area (Å²) < 4.78 is 9.80. The quantitative estimate of drug-likeness (QED) is 0.575. The van der Waals surface area contributed by atoms with E-state index in [2.05, 4.69) is 6.58 Å². The van der Waals surface area contributed by atoms with Gasteiger partial charge in [-0.3, -0.25) is 9.59 Å². The van der Waals surface area contributed by atoms with E-state index in [1.807, 2.05) is 0 Å². The first-order chi connectivity index (χ1) is 8.82. The Kier molecular flexibility index (Phi) is 5.09. The minimum Gasteiger partial charge on any atom is -0.481 e. The van der Waals surface area contributed by atoms with Crippen LogP contribution in [0.5, 0.6) is 0 Å². The van der Waals surface area contributed by atoms with E-state index in [4.69, 9.17) is 9.47 Å². The van der Waals surface area contributed by atoms with Gasteiger partial charge in [0.1, 0.15) is 6.10 Å². The van der Waals surface area contributed by atoms with Gasteiger partial charge in [0.05, 0.1) is 18.4 Å². The third-order valence-corrected chi connectivity index (χ3v) is 3.11. The summed E-state index contributed by atoms with van der Waals surface area (Å²) in [6, 6.07) is 0.